The van der Waals surface area contributed by atoms with Crippen LogP contribution in [0.1, 0.15) is 21.5 Å². The summed E-state index contributed by atoms with van der Waals surface area (Å²) in [6, 6.07) is 21.8. The first-order chi connectivity index (χ1) is 11.8. The number of carbonyl (C=O) groups is 1. The molecule has 2 aromatic carbocycles. The van der Waals surface area contributed by atoms with Crippen LogP contribution in [0.4, 0.5) is 0 Å². The van der Waals surface area contributed by atoms with Crippen LogP contribution in [0, 0.1) is 0 Å². The molecule has 4 rings (SSSR count). The van der Waals surface area contributed by atoms with Crippen LogP contribution in [0.25, 0.3) is 11.1 Å². The summed E-state index contributed by atoms with van der Waals surface area (Å²) in [6.45, 7) is 0.745. The number of benzene rings is 2. The van der Waals surface area contributed by atoms with Crippen LogP contribution in [0.2, 0.25) is 0 Å². The first-order valence-corrected chi connectivity index (χ1v) is 8.99. The summed E-state index contributed by atoms with van der Waals surface area (Å²) in [6.07, 6.45) is 1.66. The van der Waals surface area contributed by atoms with Crippen molar-refractivity contribution in [2.45, 2.75) is 5.37 Å². The summed E-state index contributed by atoms with van der Waals surface area (Å²) in [5.74, 6) is 1.83. The van der Waals surface area contributed by atoms with Crippen molar-refractivity contribution in [2.24, 2.45) is 0 Å². The molecule has 0 radical (unpaired) electrons. The molecule has 4 heteroatoms. The Morgan fingerprint density at radius 3 is 2.42 bits per heavy atom. The fourth-order valence-corrected chi connectivity index (χ4v) is 4.15. The average molecular weight is 335 g/mol. The highest BCUT2D eigenvalue weighted by Gasteiger charge is 2.32. The predicted octanol–water partition coefficient (Wildman–Crippen LogP) is 4.83. The van der Waals surface area contributed by atoms with Gasteiger partial charge in [-0.25, -0.2) is 0 Å². The molecular formula is C20H17NO2S. The second-order valence-corrected chi connectivity index (χ2v) is 6.87. The highest BCUT2D eigenvalue weighted by molar-refractivity contribution is 7.99. The largest absolute Gasteiger partial charge is 0.466 e. The summed E-state index contributed by atoms with van der Waals surface area (Å²) in [4.78, 5) is 14.8. The molecule has 0 saturated carbocycles. The number of rotatable bonds is 3. The molecule has 2 heterocycles. The van der Waals surface area contributed by atoms with Gasteiger partial charge in [0.05, 0.1) is 6.26 Å². The van der Waals surface area contributed by atoms with Crippen LogP contribution >= 0.6 is 11.8 Å². The first-order valence-electron chi connectivity index (χ1n) is 7.94. The van der Waals surface area contributed by atoms with E-state index in [9.17, 15) is 4.79 Å². The molecule has 0 aliphatic carbocycles. The molecule has 1 amide bonds. The van der Waals surface area contributed by atoms with Crippen LogP contribution in [-0.4, -0.2) is 23.1 Å². The number of thioether (sulfide) groups is 1. The van der Waals surface area contributed by atoms with E-state index < -0.39 is 0 Å². The summed E-state index contributed by atoms with van der Waals surface area (Å²) in [5.41, 5.74) is 2.99. The minimum atomic E-state index is -0.0266. The number of carbonyl (C=O) groups excluding carboxylic acids is 1. The summed E-state index contributed by atoms with van der Waals surface area (Å²) >= 11 is 1.74. The van der Waals surface area contributed by atoms with Crippen molar-refractivity contribution < 1.29 is 9.21 Å². The molecule has 3 nitrogen and oxygen atoms in total. The summed E-state index contributed by atoms with van der Waals surface area (Å²) < 4.78 is 5.50. The number of hydrogen-bond acceptors (Lipinski definition) is 3. The van der Waals surface area contributed by atoms with Gasteiger partial charge in [-0.3, -0.25) is 4.79 Å². The molecule has 1 aliphatic heterocycles. The van der Waals surface area contributed by atoms with Crippen LogP contribution < -0.4 is 0 Å². The second kappa shape index (κ2) is 6.57. The van der Waals surface area contributed by atoms with E-state index in [1.165, 1.54) is 0 Å². The molecule has 1 aliphatic rings. The molecule has 120 valence electrons. The molecule has 1 unspecified atom stereocenters. The Balaban J connectivity index is 1.56. The van der Waals surface area contributed by atoms with Gasteiger partial charge in [-0.2, -0.15) is 0 Å². The van der Waals surface area contributed by atoms with Crippen LogP contribution in [0.15, 0.2) is 77.4 Å². The molecule has 1 saturated heterocycles. The lowest BCUT2D eigenvalue weighted by molar-refractivity contribution is 0.0749. The molecule has 1 fully saturated rings. The lowest BCUT2D eigenvalue weighted by Crippen LogP contribution is -2.30. The smallest absolute Gasteiger partial charge is 0.255 e. The third kappa shape index (κ3) is 2.85. The van der Waals surface area contributed by atoms with E-state index in [0.29, 0.717) is 5.56 Å². The van der Waals surface area contributed by atoms with Gasteiger partial charge in [-0.15, -0.1) is 11.8 Å². The minimum absolute atomic E-state index is 0.0266. The Morgan fingerprint density at radius 1 is 0.958 bits per heavy atom. The van der Waals surface area contributed by atoms with E-state index in [-0.39, 0.29) is 11.3 Å². The van der Waals surface area contributed by atoms with Crippen molar-refractivity contribution in [1.29, 1.82) is 0 Å². The van der Waals surface area contributed by atoms with E-state index >= 15 is 0 Å². The predicted molar refractivity (Wildman–Crippen MR) is 96.8 cm³/mol. The molecule has 0 bridgehead atoms. The Labute approximate surface area is 145 Å². The third-order valence-electron chi connectivity index (χ3n) is 4.18. The standard InChI is InChI=1S/C20H17NO2S/c22-19(21-12-14-24-20(21)18-7-4-13-23-18)17-10-8-16(9-11-17)15-5-2-1-3-6-15/h1-11,13,20H,12,14H2. The molecule has 3 aromatic rings. The maximum absolute atomic E-state index is 12.9. The lowest BCUT2D eigenvalue weighted by Gasteiger charge is -2.22. The molecule has 1 atom stereocenters. The normalized spacial score (nSPS) is 17.2. The van der Waals surface area contributed by atoms with Crippen molar-refractivity contribution in [2.75, 3.05) is 12.3 Å². The third-order valence-corrected chi connectivity index (χ3v) is 5.40. The van der Waals surface area contributed by atoms with Crippen molar-refractivity contribution in [3.63, 3.8) is 0 Å². The Hall–Kier alpha value is -2.46. The number of hydrogen-bond donors (Lipinski definition) is 0. The fraction of sp³-hybridized carbons (Fsp3) is 0.150. The monoisotopic (exact) mass is 335 g/mol. The zero-order valence-corrected chi connectivity index (χ0v) is 13.9. The van der Waals surface area contributed by atoms with E-state index in [1.807, 2.05) is 59.5 Å². The lowest BCUT2D eigenvalue weighted by atomic mass is 10.0. The van der Waals surface area contributed by atoms with Crippen LogP contribution in [0.5, 0.6) is 0 Å². The summed E-state index contributed by atoms with van der Waals surface area (Å²) in [5, 5.41) is -0.0266. The fourth-order valence-electron chi connectivity index (χ4n) is 2.95. The van der Waals surface area contributed by atoms with Gasteiger partial charge in [-0.05, 0) is 35.4 Å². The summed E-state index contributed by atoms with van der Waals surface area (Å²) in [7, 11) is 0. The van der Waals surface area contributed by atoms with E-state index in [1.54, 1.807) is 18.0 Å². The Bertz CT molecular complexity index is 813. The zero-order valence-electron chi connectivity index (χ0n) is 13.1. The van der Waals surface area contributed by atoms with Crippen LogP contribution in [0.3, 0.4) is 0 Å². The van der Waals surface area contributed by atoms with E-state index in [4.69, 9.17) is 4.42 Å². The van der Waals surface area contributed by atoms with Gasteiger partial charge in [0.1, 0.15) is 11.1 Å². The SMILES string of the molecule is O=C(c1ccc(-c2ccccc2)cc1)N1CCSC1c1ccco1. The van der Waals surface area contributed by atoms with Gasteiger partial charge < -0.3 is 9.32 Å². The van der Waals surface area contributed by atoms with Crippen molar-refractivity contribution in [3.05, 3.63) is 84.3 Å². The van der Waals surface area contributed by atoms with Crippen molar-refractivity contribution >= 4 is 17.7 Å². The maximum Gasteiger partial charge on any atom is 0.255 e. The molecule has 0 spiro atoms. The van der Waals surface area contributed by atoms with E-state index in [2.05, 4.69) is 12.1 Å². The molecule has 24 heavy (non-hydrogen) atoms. The minimum Gasteiger partial charge on any atom is -0.466 e. The first kappa shape index (κ1) is 15.1. The van der Waals surface area contributed by atoms with Gasteiger partial charge in [0, 0.05) is 17.9 Å². The van der Waals surface area contributed by atoms with Crippen LogP contribution in [-0.2, 0) is 0 Å². The second-order valence-electron chi connectivity index (χ2n) is 5.68. The highest BCUT2D eigenvalue weighted by atomic mass is 32.2. The van der Waals surface area contributed by atoms with Gasteiger partial charge in [-0.1, -0.05) is 42.5 Å². The van der Waals surface area contributed by atoms with Crippen molar-refractivity contribution in [1.82, 2.24) is 4.90 Å². The molecule has 0 N–H and O–H groups in total. The topological polar surface area (TPSA) is 33.5 Å². The average Bonchev–Trinajstić information content (AvgIpc) is 3.33. The zero-order chi connectivity index (χ0) is 16.4. The van der Waals surface area contributed by atoms with Gasteiger partial charge in [0.2, 0.25) is 0 Å². The molecule has 1 aromatic heterocycles. The number of furan rings is 1. The molecular weight excluding hydrogens is 318 g/mol. The highest BCUT2D eigenvalue weighted by Crippen LogP contribution is 2.38. The van der Waals surface area contributed by atoms with Gasteiger partial charge in [0.25, 0.3) is 5.91 Å². The van der Waals surface area contributed by atoms with Gasteiger partial charge in [0.15, 0.2) is 0 Å². The Kier molecular flexibility index (Phi) is 4.13. The number of nitrogens with zero attached hydrogens (tertiary/aromatic N) is 1. The maximum atomic E-state index is 12.9. The van der Waals surface area contributed by atoms with E-state index in [0.717, 1.165) is 29.2 Å². The van der Waals surface area contributed by atoms with Crippen molar-refractivity contribution in [3.8, 4) is 11.1 Å². The van der Waals surface area contributed by atoms with Gasteiger partial charge >= 0.3 is 0 Å². The quantitative estimate of drug-likeness (QED) is 0.687. The Morgan fingerprint density at radius 2 is 1.71 bits per heavy atom. The number of amides is 1.